The Labute approximate surface area is 166 Å². The van der Waals surface area contributed by atoms with Crippen molar-refractivity contribution in [2.24, 2.45) is 0 Å². The SMILES string of the molecule is CC(C)(C)NC(=O)c1ccccc1NC(=O)COc1ccc2c(c1)CCCC2. The van der Waals surface area contributed by atoms with Crippen LogP contribution in [0.25, 0.3) is 0 Å². The van der Waals surface area contributed by atoms with Crippen LogP contribution in [-0.4, -0.2) is 24.0 Å². The number of carbonyl (C=O) groups excluding carboxylic acids is 2. The molecule has 0 aliphatic heterocycles. The van der Waals surface area contributed by atoms with E-state index >= 15 is 0 Å². The average molecular weight is 380 g/mol. The summed E-state index contributed by atoms with van der Waals surface area (Å²) >= 11 is 0. The predicted octanol–water partition coefficient (Wildman–Crippen LogP) is 4.11. The molecule has 0 unspecified atom stereocenters. The number of benzene rings is 2. The Kier molecular flexibility index (Phi) is 6.02. The number of anilines is 1. The fourth-order valence-electron chi connectivity index (χ4n) is 3.33. The molecule has 0 saturated heterocycles. The van der Waals surface area contributed by atoms with Crippen LogP contribution >= 0.6 is 0 Å². The number of ether oxygens (including phenoxy) is 1. The molecular weight excluding hydrogens is 352 g/mol. The summed E-state index contributed by atoms with van der Waals surface area (Å²) in [5, 5.41) is 5.70. The van der Waals surface area contributed by atoms with Crippen LogP contribution in [0.1, 0.15) is 55.1 Å². The summed E-state index contributed by atoms with van der Waals surface area (Å²) in [6, 6.07) is 13.0. The van der Waals surface area contributed by atoms with Crippen molar-refractivity contribution in [1.82, 2.24) is 5.32 Å². The molecule has 0 aromatic heterocycles. The summed E-state index contributed by atoms with van der Waals surface area (Å²) in [6.45, 7) is 5.64. The van der Waals surface area contributed by atoms with Crippen molar-refractivity contribution in [1.29, 1.82) is 0 Å². The van der Waals surface area contributed by atoms with E-state index in [0.717, 1.165) is 12.8 Å². The van der Waals surface area contributed by atoms with E-state index in [2.05, 4.69) is 16.7 Å². The Balaban J connectivity index is 1.62. The van der Waals surface area contributed by atoms with Gasteiger partial charge in [-0.25, -0.2) is 0 Å². The first-order valence-electron chi connectivity index (χ1n) is 9.78. The van der Waals surface area contributed by atoms with Gasteiger partial charge in [0.1, 0.15) is 5.75 Å². The topological polar surface area (TPSA) is 67.4 Å². The lowest BCUT2D eigenvalue weighted by molar-refractivity contribution is -0.118. The van der Waals surface area contributed by atoms with Crippen LogP contribution in [0, 0.1) is 0 Å². The number of aryl methyl sites for hydroxylation is 2. The van der Waals surface area contributed by atoms with E-state index in [1.807, 2.05) is 32.9 Å². The lowest BCUT2D eigenvalue weighted by atomic mass is 9.92. The maximum atomic E-state index is 12.5. The highest BCUT2D eigenvalue weighted by atomic mass is 16.5. The van der Waals surface area contributed by atoms with Crippen LogP contribution in [0.4, 0.5) is 5.69 Å². The quantitative estimate of drug-likeness (QED) is 0.820. The molecule has 0 heterocycles. The van der Waals surface area contributed by atoms with Crippen molar-refractivity contribution in [2.45, 2.75) is 52.0 Å². The number of fused-ring (bicyclic) bond motifs is 1. The molecule has 0 atom stereocenters. The van der Waals surface area contributed by atoms with Gasteiger partial charge in [-0.3, -0.25) is 9.59 Å². The van der Waals surface area contributed by atoms with Crippen LogP contribution < -0.4 is 15.4 Å². The fourth-order valence-corrected chi connectivity index (χ4v) is 3.33. The first-order chi connectivity index (χ1) is 13.3. The summed E-state index contributed by atoms with van der Waals surface area (Å²) in [7, 11) is 0. The van der Waals surface area contributed by atoms with Crippen molar-refractivity contribution in [3.8, 4) is 5.75 Å². The van der Waals surface area contributed by atoms with Crippen LogP contribution in [0.15, 0.2) is 42.5 Å². The van der Waals surface area contributed by atoms with Crippen molar-refractivity contribution in [3.63, 3.8) is 0 Å². The maximum absolute atomic E-state index is 12.5. The molecule has 2 aromatic carbocycles. The highest BCUT2D eigenvalue weighted by molar-refractivity contribution is 6.04. The third-order valence-corrected chi connectivity index (χ3v) is 4.62. The molecule has 5 nitrogen and oxygen atoms in total. The van der Waals surface area contributed by atoms with Gasteiger partial charge in [0.05, 0.1) is 11.3 Å². The Morgan fingerprint density at radius 1 is 1.00 bits per heavy atom. The third-order valence-electron chi connectivity index (χ3n) is 4.62. The van der Waals surface area contributed by atoms with Gasteiger partial charge in [-0.1, -0.05) is 18.2 Å². The summed E-state index contributed by atoms with van der Waals surface area (Å²) in [4.78, 5) is 24.9. The van der Waals surface area contributed by atoms with Crippen molar-refractivity contribution < 1.29 is 14.3 Å². The van der Waals surface area contributed by atoms with Gasteiger partial charge in [0.25, 0.3) is 11.8 Å². The lowest BCUT2D eigenvalue weighted by Gasteiger charge is -2.21. The van der Waals surface area contributed by atoms with Crippen molar-refractivity contribution in [3.05, 3.63) is 59.2 Å². The number of para-hydroxylation sites is 1. The predicted molar refractivity (Wildman–Crippen MR) is 111 cm³/mol. The monoisotopic (exact) mass is 380 g/mol. The van der Waals surface area contributed by atoms with Gasteiger partial charge in [0.2, 0.25) is 0 Å². The largest absolute Gasteiger partial charge is 0.484 e. The van der Waals surface area contributed by atoms with Gasteiger partial charge in [0, 0.05) is 5.54 Å². The van der Waals surface area contributed by atoms with Crippen molar-refractivity contribution >= 4 is 17.5 Å². The Morgan fingerprint density at radius 3 is 2.46 bits per heavy atom. The second-order valence-electron chi connectivity index (χ2n) is 8.22. The van der Waals surface area contributed by atoms with Crippen LogP contribution in [0.3, 0.4) is 0 Å². The molecule has 0 radical (unpaired) electrons. The normalized spacial score (nSPS) is 13.4. The molecule has 1 aliphatic rings. The Bertz CT molecular complexity index is 868. The summed E-state index contributed by atoms with van der Waals surface area (Å²) < 4.78 is 5.67. The Morgan fingerprint density at radius 2 is 1.71 bits per heavy atom. The number of nitrogens with one attached hydrogen (secondary N) is 2. The molecule has 0 saturated carbocycles. The number of hydrogen-bond donors (Lipinski definition) is 2. The third kappa shape index (κ3) is 5.35. The van der Waals surface area contributed by atoms with Gasteiger partial charge >= 0.3 is 0 Å². The Hall–Kier alpha value is -2.82. The molecular formula is C23H28N2O3. The van der Waals surface area contributed by atoms with E-state index in [9.17, 15) is 9.59 Å². The molecule has 0 spiro atoms. The molecule has 148 valence electrons. The smallest absolute Gasteiger partial charge is 0.262 e. The highest BCUT2D eigenvalue weighted by Crippen LogP contribution is 2.25. The van der Waals surface area contributed by atoms with Crippen LogP contribution in [0.5, 0.6) is 5.75 Å². The first kappa shape index (κ1) is 19.9. The zero-order chi connectivity index (χ0) is 20.1. The van der Waals surface area contributed by atoms with E-state index in [4.69, 9.17) is 4.74 Å². The second-order valence-corrected chi connectivity index (χ2v) is 8.22. The van der Waals surface area contributed by atoms with Crippen LogP contribution in [-0.2, 0) is 17.6 Å². The molecule has 1 aliphatic carbocycles. The maximum Gasteiger partial charge on any atom is 0.262 e. The highest BCUT2D eigenvalue weighted by Gasteiger charge is 2.19. The molecule has 28 heavy (non-hydrogen) atoms. The van der Waals surface area contributed by atoms with Crippen LogP contribution in [0.2, 0.25) is 0 Å². The van der Waals surface area contributed by atoms with E-state index < -0.39 is 0 Å². The minimum Gasteiger partial charge on any atom is -0.484 e. The molecule has 3 rings (SSSR count). The molecule has 0 bridgehead atoms. The van der Waals surface area contributed by atoms with Gasteiger partial charge in [-0.05, 0) is 81.8 Å². The molecule has 0 fully saturated rings. The summed E-state index contributed by atoms with van der Waals surface area (Å²) in [5.41, 5.74) is 3.24. The molecule has 2 amide bonds. The van der Waals surface area contributed by atoms with Gasteiger partial charge < -0.3 is 15.4 Å². The average Bonchev–Trinajstić information content (AvgIpc) is 2.65. The molecule has 2 aromatic rings. The molecule has 2 N–H and O–H groups in total. The fraction of sp³-hybridized carbons (Fsp3) is 0.391. The standard InChI is InChI=1S/C23H28N2O3/c1-23(2,3)25-22(27)19-10-6-7-11-20(19)24-21(26)15-28-18-13-12-16-8-4-5-9-17(16)14-18/h6-7,10-14H,4-5,8-9,15H2,1-3H3,(H,24,26)(H,25,27). The lowest BCUT2D eigenvalue weighted by Crippen LogP contribution is -2.41. The number of carbonyl (C=O) groups is 2. The van der Waals surface area contributed by atoms with Gasteiger partial charge in [-0.15, -0.1) is 0 Å². The van der Waals surface area contributed by atoms with E-state index in [0.29, 0.717) is 17.0 Å². The van der Waals surface area contributed by atoms with E-state index in [-0.39, 0.29) is 24.0 Å². The minimum atomic E-state index is -0.357. The summed E-state index contributed by atoms with van der Waals surface area (Å²) in [6.07, 6.45) is 4.61. The zero-order valence-corrected chi connectivity index (χ0v) is 16.8. The zero-order valence-electron chi connectivity index (χ0n) is 16.8. The van der Waals surface area contributed by atoms with E-state index in [1.54, 1.807) is 24.3 Å². The van der Waals surface area contributed by atoms with E-state index in [1.165, 1.54) is 24.0 Å². The summed E-state index contributed by atoms with van der Waals surface area (Å²) in [5.74, 6) is 0.183. The van der Waals surface area contributed by atoms with Crippen molar-refractivity contribution in [2.75, 3.05) is 11.9 Å². The number of hydrogen-bond acceptors (Lipinski definition) is 3. The van der Waals surface area contributed by atoms with Gasteiger partial charge in [-0.2, -0.15) is 0 Å². The number of amides is 2. The second kappa shape index (κ2) is 8.46. The number of rotatable bonds is 5. The van der Waals surface area contributed by atoms with Gasteiger partial charge in [0.15, 0.2) is 6.61 Å². The molecule has 5 heteroatoms. The first-order valence-corrected chi connectivity index (χ1v) is 9.78. The minimum absolute atomic E-state index is 0.103.